The van der Waals surface area contributed by atoms with Crippen LogP contribution in [0.15, 0.2) is 30.7 Å². The van der Waals surface area contributed by atoms with Gasteiger partial charge >= 0.3 is 0 Å². The van der Waals surface area contributed by atoms with Crippen LogP contribution in [0.4, 0.5) is 0 Å². The normalized spacial score (nSPS) is 15.1. The summed E-state index contributed by atoms with van der Waals surface area (Å²) in [5.41, 5.74) is 2.35. The standard InChI is InChI=1S/C15H16N2O4/c1-18-13-8-14(19-2)11(15-20-5-6-21-15)7-10(13)12-9-16-3-4-17-12/h3-4,7-9,15H,5-6H2,1-2H3. The number of aromatic nitrogens is 2. The molecule has 0 amide bonds. The molecule has 0 unspecified atom stereocenters. The van der Waals surface area contributed by atoms with Crippen molar-refractivity contribution in [3.63, 3.8) is 0 Å². The zero-order valence-corrected chi connectivity index (χ0v) is 11.9. The minimum atomic E-state index is -0.429. The van der Waals surface area contributed by atoms with E-state index in [9.17, 15) is 0 Å². The summed E-state index contributed by atoms with van der Waals surface area (Å²) < 4.78 is 22.0. The smallest absolute Gasteiger partial charge is 0.187 e. The molecule has 2 aromatic rings. The van der Waals surface area contributed by atoms with Gasteiger partial charge in [0.1, 0.15) is 11.5 Å². The Balaban J connectivity index is 2.12. The molecule has 6 nitrogen and oxygen atoms in total. The van der Waals surface area contributed by atoms with E-state index in [1.165, 1.54) is 0 Å². The van der Waals surface area contributed by atoms with E-state index in [2.05, 4.69) is 9.97 Å². The quantitative estimate of drug-likeness (QED) is 0.859. The highest BCUT2D eigenvalue weighted by atomic mass is 16.7. The first kappa shape index (κ1) is 13.8. The van der Waals surface area contributed by atoms with Gasteiger partial charge in [-0.3, -0.25) is 9.97 Å². The van der Waals surface area contributed by atoms with Crippen molar-refractivity contribution >= 4 is 0 Å². The van der Waals surface area contributed by atoms with Crippen LogP contribution in [0.3, 0.4) is 0 Å². The lowest BCUT2D eigenvalue weighted by atomic mass is 10.1. The Hall–Kier alpha value is -2.18. The molecule has 1 saturated heterocycles. The van der Waals surface area contributed by atoms with Crippen molar-refractivity contribution in [1.29, 1.82) is 0 Å². The number of nitrogens with zero attached hydrogens (tertiary/aromatic N) is 2. The largest absolute Gasteiger partial charge is 0.496 e. The summed E-state index contributed by atoms with van der Waals surface area (Å²) >= 11 is 0. The van der Waals surface area contributed by atoms with Crippen LogP contribution >= 0.6 is 0 Å². The fraction of sp³-hybridized carbons (Fsp3) is 0.333. The number of ether oxygens (including phenoxy) is 4. The molecule has 110 valence electrons. The Morgan fingerprint density at radius 2 is 1.81 bits per heavy atom. The van der Waals surface area contributed by atoms with Gasteiger partial charge in [0.15, 0.2) is 6.29 Å². The number of methoxy groups -OCH3 is 2. The molecule has 1 aliphatic heterocycles. The Bertz CT molecular complexity index is 613. The van der Waals surface area contributed by atoms with Crippen molar-refractivity contribution < 1.29 is 18.9 Å². The molecule has 0 aliphatic carbocycles. The van der Waals surface area contributed by atoms with E-state index >= 15 is 0 Å². The maximum absolute atomic E-state index is 5.57. The molecule has 0 spiro atoms. The number of hydrogen-bond donors (Lipinski definition) is 0. The van der Waals surface area contributed by atoms with Crippen LogP contribution in [-0.4, -0.2) is 37.4 Å². The zero-order valence-electron chi connectivity index (χ0n) is 11.9. The van der Waals surface area contributed by atoms with Crippen molar-refractivity contribution in [2.45, 2.75) is 6.29 Å². The number of benzene rings is 1. The van der Waals surface area contributed by atoms with E-state index in [1.54, 1.807) is 32.8 Å². The summed E-state index contributed by atoms with van der Waals surface area (Å²) in [6.07, 6.45) is 4.52. The van der Waals surface area contributed by atoms with E-state index in [1.807, 2.05) is 12.1 Å². The van der Waals surface area contributed by atoms with Gasteiger partial charge < -0.3 is 18.9 Å². The van der Waals surface area contributed by atoms with Gasteiger partial charge in [0, 0.05) is 24.0 Å². The van der Waals surface area contributed by atoms with Crippen molar-refractivity contribution in [2.24, 2.45) is 0 Å². The van der Waals surface area contributed by atoms with Crippen molar-refractivity contribution in [3.05, 3.63) is 36.3 Å². The van der Waals surface area contributed by atoms with E-state index in [0.29, 0.717) is 24.7 Å². The molecule has 21 heavy (non-hydrogen) atoms. The molecule has 1 fully saturated rings. The van der Waals surface area contributed by atoms with Crippen molar-refractivity contribution in [2.75, 3.05) is 27.4 Å². The zero-order chi connectivity index (χ0) is 14.7. The summed E-state index contributed by atoms with van der Waals surface area (Å²) in [7, 11) is 3.21. The van der Waals surface area contributed by atoms with Gasteiger partial charge in [-0.2, -0.15) is 0 Å². The highest BCUT2D eigenvalue weighted by Crippen LogP contribution is 2.39. The van der Waals surface area contributed by atoms with E-state index < -0.39 is 6.29 Å². The van der Waals surface area contributed by atoms with Crippen molar-refractivity contribution in [1.82, 2.24) is 9.97 Å². The van der Waals surface area contributed by atoms with Crippen molar-refractivity contribution in [3.8, 4) is 22.8 Å². The number of hydrogen-bond acceptors (Lipinski definition) is 6. The van der Waals surface area contributed by atoms with Crippen LogP contribution < -0.4 is 9.47 Å². The third-order valence-electron chi connectivity index (χ3n) is 3.27. The molecular formula is C15H16N2O4. The second-order valence-corrected chi connectivity index (χ2v) is 4.46. The minimum Gasteiger partial charge on any atom is -0.496 e. The first-order valence-corrected chi connectivity index (χ1v) is 6.59. The molecule has 1 aromatic heterocycles. The lowest BCUT2D eigenvalue weighted by molar-refractivity contribution is -0.0454. The summed E-state index contributed by atoms with van der Waals surface area (Å²) in [6, 6.07) is 3.72. The second-order valence-electron chi connectivity index (χ2n) is 4.46. The second kappa shape index (κ2) is 6.07. The van der Waals surface area contributed by atoms with E-state index in [-0.39, 0.29) is 0 Å². The monoisotopic (exact) mass is 288 g/mol. The van der Waals surface area contributed by atoms with Crippen LogP contribution in [0.5, 0.6) is 11.5 Å². The molecule has 6 heteroatoms. The van der Waals surface area contributed by atoms with Crippen LogP contribution in [0.25, 0.3) is 11.3 Å². The number of rotatable bonds is 4. The molecule has 0 N–H and O–H groups in total. The van der Waals surface area contributed by atoms with Gasteiger partial charge in [-0.05, 0) is 6.07 Å². The Morgan fingerprint density at radius 3 is 2.43 bits per heavy atom. The van der Waals surface area contributed by atoms with Gasteiger partial charge in [-0.15, -0.1) is 0 Å². The van der Waals surface area contributed by atoms with Crippen LogP contribution in [0.1, 0.15) is 11.9 Å². The van der Waals surface area contributed by atoms with Crippen LogP contribution in [-0.2, 0) is 9.47 Å². The van der Waals surface area contributed by atoms with E-state index in [4.69, 9.17) is 18.9 Å². The lowest BCUT2D eigenvalue weighted by Crippen LogP contribution is -2.03. The molecule has 0 radical (unpaired) electrons. The lowest BCUT2D eigenvalue weighted by Gasteiger charge is -2.17. The van der Waals surface area contributed by atoms with Gasteiger partial charge in [0.05, 0.1) is 44.9 Å². The summed E-state index contributed by atoms with van der Waals surface area (Å²) in [4.78, 5) is 8.41. The molecule has 0 atom stereocenters. The summed E-state index contributed by atoms with van der Waals surface area (Å²) in [5.74, 6) is 1.32. The molecular weight excluding hydrogens is 272 g/mol. The average Bonchev–Trinajstić information content (AvgIpc) is 3.08. The molecule has 2 heterocycles. The van der Waals surface area contributed by atoms with Gasteiger partial charge in [-0.25, -0.2) is 0 Å². The third kappa shape index (κ3) is 2.68. The van der Waals surface area contributed by atoms with Crippen LogP contribution in [0.2, 0.25) is 0 Å². The van der Waals surface area contributed by atoms with Gasteiger partial charge in [0.25, 0.3) is 0 Å². The highest BCUT2D eigenvalue weighted by Gasteiger charge is 2.24. The maximum atomic E-state index is 5.57. The maximum Gasteiger partial charge on any atom is 0.187 e. The molecule has 1 aliphatic rings. The molecule has 0 bridgehead atoms. The molecule has 1 aromatic carbocycles. The SMILES string of the molecule is COc1cc(OC)c(C2OCCO2)cc1-c1cnccn1. The van der Waals surface area contributed by atoms with Gasteiger partial charge in [0.2, 0.25) is 0 Å². The topological polar surface area (TPSA) is 62.7 Å². The average molecular weight is 288 g/mol. The van der Waals surface area contributed by atoms with E-state index in [0.717, 1.165) is 16.8 Å². The third-order valence-corrected chi connectivity index (χ3v) is 3.27. The summed E-state index contributed by atoms with van der Waals surface area (Å²) in [5, 5.41) is 0. The summed E-state index contributed by atoms with van der Waals surface area (Å²) in [6.45, 7) is 1.14. The Morgan fingerprint density at radius 1 is 1.05 bits per heavy atom. The van der Waals surface area contributed by atoms with Crippen LogP contribution in [0, 0.1) is 0 Å². The predicted octanol–water partition coefficient (Wildman–Crippen LogP) is 2.21. The Kier molecular flexibility index (Phi) is 3.98. The predicted molar refractivity (Wildman–Crippen MR) is 75.2 cm³/mol. The molecule has 0 saturated carbocycles. The first-order chi connectivity index (χ1) is 10.3. The molecule has 3 rings (SSSR count). The minimum absolute atomic E-state index is 0.429. The fourth-order valence-corrected chi connectivity index (χ4v) is 2.28. The van der Waals surface area contributed by atoms with Gasteiger partial charge in [-0.1, -0.05) is 0 Å². The first-order valence-electron chi connectivity index (χ1n) is 6.59. The Labute approximate surface area is 122 Å². The fourth-order valence-electron chi connectivity index (χ4n) is 2.28. The highest BCUT2D eigenvalue weighted by molar-refractivity contribution is 5.69.